The molecule has 0 aliphatic rings. The van der Waals surface area contributed by atoms with Crippen LogP contribution in [0.15, 0.2) is 64.0 Å². The first-order chi connectivity index (χ1) is 13.1. The van der Waals surface area contributed by atoms with Gasteiger partial charge in [-0.15, -0.1) is 11.8 Å². The first kappa shape index (κ1) is 18.7. The molecule has 0 spiro atoms. The standard InChI is InChI=1S/C20H19N3O3S/c1-13-11-16(26-23-13)12-27-18-6-4-3-5-17(18)20(25)22-15-9-7-14(8-10-15)19(24)21-2/h3-11H,12H2,1-2H3,(H,21,24)(H,22,25). The number of hydrogen-bond donors (Lipinski definition) is 2. The van der Waals surface area contributed by atoms with Gasteiger partial charge in [-0.05, 0) is 43.3 Å². The van der Waals surface area contributed by atoms with Crippen molar-refractivity contribution >= 4 is 29.3 Å². The quantitative estimate of drug-likeness (QED) is 0.633. The van der Waals surface area contributed by atoms with Gasteiger partial charge in [0.25, 0.3) is 11.8 Å². The van der Waals surface area contributed by atoms with Crippen LogP contribution in [0.5, 0.6) is 0 Å². The Kier molecular flexibility index (Phi) is 5.93. The lowest BCUT2D eigenvalue weighted by Gasteiger charge is -2.10. The second-order valence-electron chi connectivity index (χ2n) is 5.83. The number of anilines is 1. The van der Waals surface area contributed by atoms with Gasteiger partial charge in [0.2, 0.25) is 0 Å². The first-order valence-corrected chi connectivity index (χ1v) is 9.33. The molecule has 0 radical (unpaired) electrons. The van der Waals surface area contributed by atoms with Gasteiger partial charge in [-0.2, -0.15) is 0 Å². The molecule has 0 bridgehead atoms. The van der Waals surface area contributed by atoms with Crippen LogP contribution in [0.3, 0.4) is 0 Å². The third-order valence-electron chi connectivity index (χ3n) is 3.81. The summed E-state index contributed by atoms with van der Waals surface area (Å²) in [7, 11) is 1.58. The predicted molar refractivity (Wildman–Crippen MR) is 105 cm³/mol. The van der Waals surface area contributed by atoms with Crippen molar-refractivity contribution in [3.05, 3.63) is 77.2 Å². The van der Waals surface area contributed by atoms with E-state index in [1.807, 2.05) is 31.2 Å². The Labute approximate surface area is 161 Å². The van der Waals surface area contributed by atoms with Gasteiger partial charge >= 0.3 is 0 Å². The van der Waals surface area contributed by atoms with Crippen molar-refractivity contribution in [1.82, 2.24) is 10.5 Å². The summed E-state index contributed by atoms with van der Waals surface area (Å²) in [5.41, 5.74) is 2.57. The fourth-order valence-electron chi connectivity index (χ4n) is 2.46. The Morgan fingerprint density at radius 3 is 2.48 bits per heavy atom. The molecule has 27 heavy (non-hydrogen) atoms. The van der Waals surface area contributed by atoms with E-state index in [-0.39, 0.29) is 11.8 Å². The Hall–Kier alpha value is -3.06. The normalized spacial score (nSPS) is 10.4. The Balaban J connectivity index is 1.70. The minimum Gasteiger partial charge on any atom is -0.360 e. The Bertz CT molecular complexity index is 951. The van der Waals surface area contributed by atoms with Crippen molar-refractivity contribution in [1.29, 1.82) is 0 Å². The van der Waals surface area contributed by atoms with Crippen LogP contribution in [-0.4, -0.2) is 24.0 Å². The molecule has 138 valence electrons. The van der Waals surface area contributed by atoms with E-state index in [4.69, 9.17) is 4.52 Å². The monoisotopic (exact) mass is 381 g/mol. The highest BCUT2D eigenvalue weighted by molar-refractivity contribution is 7.98. The van der Waals surface area contributed by atoms with Gasteiger partial charge in [0.05, 0.1) is 17.0 Å². The van der Waals surface area contributed by atoms with E-state index in [0.29, 0.717) is 22.6 Å². The average molecular weight is 381 g/mol. The van der Waals surface area contributed by atoms with Crippen LogP contribution in [0.4, 0.5) is 5.69 Å². The topological polar surface area (TPSA) is 84.2 Å². The molecule has 0 saturated carbocycles. The molecular formula is C20H19N3O3S. The number of nitrogens with one attached hydrogen (secondary N) is 2. The van der Waals surface area contributed by atoms with Gasteiger partial charge in [-0.1, -0.05) is 17.3 Å². The zero-order valence-electron chi connectivity index (χ0n) is 15.0. The molecule has 3 aromatic rings. The number of aromatic nitrogens is 1. The molecule has 6 nitrogen and oxygen atoms in total. The molecule has 0 unspecified atom stereocenters. The minimum atomic E-state index is -0.209. The summed E-state index contributed by atoms with van der Waals surface area (Å²) < 4.78 is 5.22. The van der Waals surface area contributed by atoms with Crippen LogP contribution >= 0.6 is 11.8 Å². The van der Waals surface area contributed by atoms with Crippen molar-refractivity contribution in [3.63, 3.8) is 0 Å². The van der Waals surface area contributed by atoms with Crippen LogP contribution in [-0.2, 0) is 5.75 Å². The second-order valence-corrected chi connectivity index (χ2v) is 6.85. The molecule has 1 heterocycles. The lowest BCUT2D eigenvalue weighted by Crippen LogP contribution is -2.18. The van der Waals surface area contributed by atoms with E-state index in [0.717, 1.165) is 16.3 Å². The summed E-state index contributed by atoms with van der Waals surface area (Å²) in [4.78, 5) is 25.1. The number of benzene rings is 2. The van der Waals surface area contributed by atoms with Crippen molar-refractivity contribution in [2.45, 2.75) is 17.6 Å². The number of thioether (sulfide) groups is 1. The Morgan fingerprint density at radius 1 is 1.07 bits per heavy atom. The molecule has 0 aliphatic heterocycles. The summed E-state index contributed by atoms with van der Waals surface area (Å²) in [6.07, 6.45) is 0. The van der Waals surface area contributed by atoms with E-state index in [9.17, 15) is 9.59 Å². The number of rotatable bonds is 6. The Morgan fingerprint density at radius 2 is 1.81 bits per heavy atom. The second kappa shape index (κ2) is 8.55. The molecule has 0 saturated heterocycles. The number of hydrogen-bond acceptors (Lipinski definition) is 5. The number of carbonyl (C=O) groups is 2. The maximum Gasteiger partial charge on any atom is 0.256 e. The predicted octanol–water partition coefficient (Wildman–Crippen LogP) is 3.89. The number of aryl methyl sites for hydroxylation is 1. The van der Waals surface area contributed by atoms with Crippen LogP contribution in [0, 0.1) is 6.92 Å². The third-order valence-corrected chi connectivity index (χ3v) is 4.91. The zero-order valence-corrected chi connectivity index (χ0v) is 15.8. The maximum absolute atomic E-state index is 12.7. The first-order valence-electron chi connectivity index (χ1n) is 8.34. The molecule has 2 aromatic carbocycles. The summed E-state index contributed by atoms with van der Waals surface area (Å²) in [6.45, 7) is 1.87. The summed E-state index contributed by atoms with van der Waals surface area (Å²) in [6, 6.07) is 16.0. The molecule has 0 fully saturated rings. The maximum atomic E-state index is 12.7. The highest BCUT2D eigenvalue weighted by Crippen LogP contribution is 2.27. The van der Waals surface area contributed by atoms with Gasteiger partial charge in [0.1, 0.15) is 5.76 Å². The van der Waals surface area contributed by atoms with Crippen LogP contribution in [0.1, 0.15) is 32.2 Å². The summed E-state index contributed by atoms with van der Waals surface area (Å²) in [5, 5.41) is 9.30. The average Bonchev–Trinajstić information content (AvgIpc) is 3.11. The molecule has 2 N–H and O–H groups in total. The molecule has 3 rings (SSSR count). The van der Waals surface area contributed by atoms with Gasteiger partial charge in [-0.3, -0.25) is 9.59 Å². The smallest absolute Gasteiger partial charge is 0.256 e. The molecule has 7 heteroatoms. The number of nitrogens with zero attached hydrogens (tertiary/aromatic N) is 1. The van der Waals surface area contributed by atoms with E-state index < -0.39 is 0 Å². The van der Waals surface area contributed by atoms with Gasteiger partial charge in [0, 0.05) is 29.3 Å². The molecule has 1 aromatic heterocycles. The van der Waals surface area contributed by atoms with Crippen molar-refractivity contribution in [2.75, 3.05) is 12.4 Å². The summed E-state index contributed by atoms with van der Waals surface area (Å²) in [5.74, 6) is 0.973. The minimum absolute atomic E-state index is 0.169. The van der Waals surface area contributed by atoms with Crippen LogP contribution < -0.4 is 10.6 Å². The number of amides is 2. The van der Waals surface area contributed by atoms with Gasteiger partial charge in [-0.25, -0.2) is 0 Å². The number of carbonyl (C=O) groups excluding carboxylic acids is 2. The van der Waals surface area contributed by atoms with Crippen molar-refractivity contribution < 1.29 is 14.1 Å². The SMILES string of the molecule is CNC(=O)c1ccc(NC(=O)c2ccccc2SCc2cc(C)no2)cc1. The fraction of sp³-hybridized carbons (Fsp3) is 0.150. The fourth-order valence-corrected chi connectivity index (χ4v) is 3.39. The lowest BCUT2D eigenvalue weighted by molar-refractivity contribution is 0.0962. The third kappa shape index (κ3) is 4.77. The highest BCUT2D eigenvalue weighted by Gasteiger charge is 2.13. The molecule has 0 atom stereocenters. The van der Waals surface area contributed by atoms with Crippen molar-refractivity contribution in [3.8, 4) is 0 Å². The molecule has 2 amide bonds. The lowest BCUT2D eigenvalue weighted by atomic mass is 10.1. The van der Waals surface area contributed by atoms with Gasteiger partial charge < -0.3 is 15.2 Å². The van der Waals surface area contributed by atoms with E-state index in [1.165, 1.54) is 11.8 Å². The van der Waals surface area contributed by atoms with Crippen LogP contribution in [0.2, 0.25) is 0 Å². The van der Waals surface area contributed by atoms with Crippen molar-refractivity contribution in [2.24, 2.45) is 0 Å². The highest BCUT2D eigenvalue weighted by atomic mass is 32.2. The van der Waals surface area contributed by atoms with Crippen LogP contribution in [0.25, 0.3) is 0 Å². The molecular weight excluding hydrogens is 362 g/mol. The summed E-state index contributed by atoms with van der Waals surface area (Å²) >= 11 is 1.51. The van der Waals surface area contributed by atoms with E-state index in [1.54, 1.807) is 37.4 Å². The van der Waals surface area contributed by atoms with E-state index >= 15 is 0 Å². The largest absolute Gasteiger partial charge is 0.360 e. The zero-order chi connectivity index (χ0) is 19.2. The molecule has 0 aliphatic carbocycles. The van der Waals surface area contributed by atoms with E-state index in [2.05, 4.69) is 15.8 Å². The van der Waals surface area contributed by atoms with Gasteiger partial charge in [0.15, 0.2) is 0 Å².